The fourth-order valence-electron chi connectivity index (χ4n) is 10.5. The van der Waals surface area contributed by atoms with E-state index < -0.39 is 0 Å². The van der Waals surface area contributed by atoms with Crippen LogP contribution in [-0.2, 0) is 0 Å². The molecule has 0 fully saturated rings. The van der Waals surface area contributed by atoms with Gasteiger partial charge in [0, 0.05) is 49.0 Å². The predicted octanol–water partition coefficient (Wildman–Crippen LogP) is 17.5. The Balaban J connectivity index is 1.15. The Morgan fingerprint density at radius 3 is 1.62 bits per heavy atom. The molecule has 63 heavy (non-hydrogen) atoms. The summed E-state index contributed by atoms with van der Waals surface area (Å²) < 4.78 is 21.2. The lowest BCUT2D eigenvalue weighted by Gasteiger charge is -2.18. The molecule has 0 saturated heterocycles. The molecule has 14 aromatic rings. The van der Waals surface area contributed by atoms with Crippen LogP contribution in [-0.4, -0.2) is 0 Å². The van der Waals surface area contributed by atoms with Gasteiger partial charge in [0.25, 0.3) is 0 Å². The molecule has 0 atom stereocenters. The Kier molecular flexibility index (Phi) is 7.11. The van der Waals surface area contributed by atoms with E-state index in [-0.39, 0.29) is 0 Å². The van der Waals surface area contributed by atoms with Crippen LogP contribution in [0.2, 0.25) is 0 Å². The van der Waals surface area contributed by atoms with Crippen molar-refractivity contribution in [1.29, 1.82) is 0 Å². The monoisotopic (exact) mass is 802 g/mol. The van der Waals surface area contributed by atoms with E-state index in [1.54, 1.807) is 0 Å². The van der Waals surface area contributed by atoms with Crippen molar-refractivity contribution in [3.8, 4) is 44.7 Å². The van der Waals surface area contributed by atoms with E-state index in [1.165, 1.54) is 10.9 Å². The summed E-state index contributed by atoms with van der Waals surface area (Å²) in [5.41, 5.74) is 11.7. The molecule has 0 saturated carbocycles. The maximum atomic E-state index is 7.45. The van der Waals surface area contributed by atoms with Crippen LogP contribution in [0.5, 0.6) is 0 Å². The van der Waals surface area contributed by atoms with E-state index in [0.717, 1.165) is 132 Å². The average molecular weight is 803 g/mol. The highest BCUT2D eigenvalue weighted by atomic mass is 16.3. The third kappa shape index (κ3) is 4.90. The summed E-state index contributed by atoms with van der Waals surface area (Å²) in [6, 6.07) is 73.5. The molecule has 0 bridgehead atoms. The summed E-state index contributed by atoms with van der Waals surface area (Å²) in [5, 5.41) is 14.5. The molecular weight excluding hydrogens is 769 g/mol. The zero-order valence-electron chi connectivity index (χ0n) is 33.9. The van der Waals surface area contributed by atoms with Gasteiger partial charge in [-0.2, -0.15) is 0 Å². The fraction of sp³-hybridized carbons (Fsp3) is 0. The van der Waals surface area contributed by atoms with Crippen LogP contribution in [0, 0.1) is 0 Å². The van der Waals surface area contributed by atoms with Crippen molar-refractivity contribution in [1.82, 2.24) is 0 Å². The molecule has 14 rings (SSSR count). The summed E-state index contributed by atoms with van der Waals surface area (Å²) in [4.78, 5) is 0. The van der Waals surface area contributed by atoms with Gasteiger partial charge in [0.05, 0.1) is 5.56 Å². The predicted molar refractivity (Wildman–Crippen MR) is 263 cm³/mol. The molecule has 0 aliphatic rings. The van der Waals surface area contributed by atoms with E-state index >= 15 is 0 Å². The minimum absolute atomic E-state index is 0.793. The second kappa shape index (κ2) is 13.1. The second-order valence-electron chi connectivity index (χ2n) is 16.6. The molecule has 0 aliphatic heterocycles. The van der Waals surface area contributed by atoms with Crippen LogP contribution < -0.4 is 0 Å². The maximum absolute atomic E-state index is 7.45. The molecule has 0 N–H and O–H groups in total. The number of hydrogen-bond acceptors (Lipinski definition) is 3. The van der Waals surface area contributed by atoms with Gasteiger partial charge in [-0.1, -0.05) is 176 Å². The number of furan rings is 3. The van der Waals surface area contributed by atoms with Crippen molar-refractivity contribution in [2.24, 2.45) is 0 Å². The van der Waals surface area contributed by atoms with E-state index in [1.807, 2.05) is 6.07 Å². The molecule has 0 radical (unpaired) electrons. The lowest BCUT2D eigenvalue weighted by molar-refractivity contribution is 0.630. The standard InChI is InChI=1S/C60H34O3/c1-2-17-37(18-3-1)52-49-34-48-41-21-12-13-27-50(41)61-59(48)56(60(49)63-57(52)39-30-29-35-15-4-5-19-38(35)33-39)55-44-24-10-8-22-42(44)53(43-23-9-11-25-45(43)55)46-26-14-28-51-54(46)47-32-31-36-16-6-7-20-40(36)58(47)62-51/h1-34H. The highest BCUT2D eigenvalue weighted by molar-refractivity contribution is 6.31. The SMILES string of the molecule is c1ccc(-c2c(-c3ccc4ccccc4c3)oc3c(-c4c5ccccc5c(-c5cccc6oc7c8ccccc8ccc7c56)c5ccccc45)c4oc5ccccc5c4cc23)cc1. The normalized spacial score (nSPS) is 12.1. The zero-order chi connectivity index (χ0) is 41.2. The molecule has 3 heteroatoms. The van der Waals surface area contributed by atoms with Crippen molar-refractivity contribution in [2.45, 2.75) is 0 Å². The van der Waals surface area contributed by atoms with Crippen molar-refractivity contribution in [3.63, 3.8) is 0 Å². The van der Waals surface area contributed by atoms with Gasteiger partial charge in [0.1, 0.15) is 33.7 Å². The average Bonchev–Trinajstić information content (AvgIpc) is 4.05. The Hall–Kier alpha value is -8.40. The quantitative estimate of drug-likeness (QED) is 0.166. The highest BCUT2D eigenvalue weighted by Gasteiger charge is 2.29. The lowest BCUT2D eigenvalue weighted by Crippen LogP contribution is -1.92. The first-order chi connectivity index (χ1) is 31.3. The van der Waals surface area contributed by atoms with Gasteiger partial charge >= 0.3 is 0 Å². The summed E-state index contributed by atoms with van der Waals surface area (Å²) >= 11 is 0. The third-order valence-electron chi connectivity index (χ3n) is 13.2. The van der Waals surface area contributed by atoms with Gasteiger partial charge in [0.2, 0.25) is 0 Å². The Morgan fingerprint density at radius 2 is 0.841 bits per heavy atom. The molecule has 0 spiro atoms. The molecule has 0 amide bonds. The maximum Gasteiger partial charge on any atom is 0.147 e. The minimum Gasteiger partial charge on any atom is -0.455 e. The van der Waals surface area contributed by atoms with Crippen LogP contribution in [0.4, 0.5) is 0 Å². The van der Waals surface area contributed by atoms with Gasteiger partial charge < -0.3 is 13.3 Å². The van der Waals surface area contributed by atoms with Crippen molar-refractivity contribution >= 4 is 97.9 Å². The minimum atomic E-state index is 0.793. The molecule has 11 aromatic carbocycles. The first-order valence-electron chi connectivity index (χ1n) is 21.5. The molecular formula is C60H34O3. The van der Waals surface area contributed by atoms with Gasteiger partial charge in [0.15, 0.2) is 0 Å². The van der Waals surface area contributed by atoms with Gasteiger partial charge in [-0.15, -0.1) is 0 Å². The van der Waals surface area contributed by atoms with Crippen LogP contribution >= 0.6 is 0 Å². The summed E-state index contributed by atoms with van der Waals surface area (Å²) in [7, 11) is 0. The Bertz CT molecular complexity index is 4140. The van der Waals surface area contributed by atoms with Crippen LogP contribution in [0.1, 0.15) is 0 Å². The topological polar surface area (TPSA) is 39.4 Å². The van der Waals surface area contributed by atoms with Crippen molar-refractivity contribution < 1.29 is 13.3 Å². The molecule has 0 unspecified atom stereocenters. The van der Waals surface area contributed by atoms with Crippen molar-refractivity contribution in [2.75, 3.05) is 0 Å². The third-order valence-corrected chi connectivity index (χ3v) is 13.2. The summed E-state index contributed by atoms with van der Waals surface area (Å²) in [6.45, 7) is 0. The Labute approximate surface area is 360 Å². The fourth-order valence-corrected chi connectivity index (χ4v) is 10.5. The highest BCUT2D eigenvalue weighted by Crippen LogP contribution is 2.54. The van der Waals surface area contributed by atoms with E-state index in [4.69, 9.17) is 13.3 Å². The molecule has 292 valence electrons. The number of benzene rings is 11. The van der Waals surface area contributed by atoms with Gasteiger partial charge in [-0.05, 0) is 84.7 Å². The number of fused-ring (bicyclic) bond motifs is 12. The summed E-state index contributed by atoms with van der Waals surface area (Å²) in [6.07, 6.45) is 0. The van der Waals surface area contributed by atoms with Gasteiger partial charge in [-0.3, -0.25) is 0 Å². The van der Waals surface area contributed by atoms with Gasteiger partial charge in [-0.25, -0.2) is 0 Å². The van der Waals surface area contributed by atoms with E-state index in [2.05, 4.69) is 200 Å². The van der Waals surface area contributed by atoms with Crippen LogP contribution in [0.15, 0.2) is 220 Å². The van der Waals surface area contributed by atoms with Crippen LogP contribution in [0.3, 0.4) is 0 Å². The number of para-hydroxylation sites is 1. The second-order valence-corrected chi connectivity index (χ2v) is 16.6. The van der Waals surface area contributed by atoms with Crippen LogP contribution in [0.25, 0.3) is 143 Å². The largest absolute Gasteiger partial charge is 0.455 e. The molecule has 3 aromatic heterocycles. The zero-order valence-corrected chi connectivity index (χ0v) is 33.9. The first-order valence-corrected chi connectivity index (χ1v) is 21.5. The number of rotatable bonds is 4. The molecule has 3 nitrogen and oxygen atoms in total. The lowest BCUT2D eigenvalue weighted by atomic mass is 9.84. The number of hydrogen-bond donors (Lipinski definition) is 0. The molecule has 3 heterocycles. The van der Waals surface area contributed by atoms with E-state index in [0.29, 0.717) is 0 Å². The molecule has 0 aliphatic carbocycles. The van der Waals surface area contributed by atoms with E-state index in [9.17, 15) is 0 Å². The summed E-state index contributed by atoms with van der Waals surface area (Å²) in [5.74, 6) is 0.830. The smallest absolute Gasteiger partial charge is 0.147 e. The van der Waals surface area contributed by atoms with Crippen molar-refractivity contribution in [3.05, 3.63) is 206 Å². The Morgan fingerprint density at radius 1 is 0.254 bits per heavy atom. The first kappa shape index (κ1) is 34.3.